The van der Waals surface area contributed by atoms with E-state index in [1.54, 1.807) is 29.2 Å². The minimum atomic E-state index is -4.59. The van der Waals surface area contributed by atoms with Crippen LogP contribution in [0.2, 0.25) is 0 Å². The highest BCUT2D eigenvalue weighted by molar-refractivity contribution is 6.07. The summed E-state index contributed by atoms with van der Waals surface area (Å²) in [7, 11) is 0. The van der Waals surface area contributed by atoms with Crippen LogP contribution in [0, 0.1) is 11.3 Å². The van der Waals surface area contributed by atoms with E-state index in [4.69, 9.17) is 11.0 Å². The van der Waals surface area contributed by atoms with Crippen LogP contribution in [0.25, 0.3) is 0 Å². The van der Waals surface area contributed by atoms with E-state index in [0.29, 0.717) is 43.0 Å². The number of nitrogens with zero attached hydrogens (tertiary/aromatic N) is 3. The molecule has 182 valence electrons. The van der Waals surface area contributed by atoms with E-state index in [9.17, 15) is 22.8 Å². The number of halogens is 3. The van der Waals surface area contributed by atoms with Crippen molar-refractivity contribution in [2.45, 2.75) is 12.2 Å². The summed E-state index contributed by atoms with van der Waals surface area (Å²) in [5.41, 5.74) is 6.22. The number of anilines is 1. The Hall–Kier alpha value is -3.88. The average Bonchev–Trinajstić information content (AvgIpc) is 3.16. The van der Waals surface area contributed by atoms with Gasteiger partial charge in [0.15, 0.2) is 0 Å². The Balaban J connectivity index is 1.74. The molecule has 0 radical (unpaired) electrons. The normalized spacial score (nSPS) is 18.0. The summed E-state index contributed by atoms with van der Waals surface area (Å²) in [6.07, 6.45) is -4.59. The molecule has 0 spiro atoms. The van der Waals surface area contributed by atoms with Crippen molar-refractivity contribution in [2.24, 2.45) is 5.73 Å². The van der Waals surface area contributed by atoms with E-state index in [0.717, 1.165) is 17.0 Å². The largest absolute Gasteiger partial charge is 0.416 e. The molecule has 0 aliphatic carbocycles. The summed E-state index contributed by atoms with van der Waals surface area (Å²) in [4.78, 5) is 29.3. The molecule has 2 aliphatic heterocycles. The van der Waals surface area contributed by atoms with Gasteiger partial charge in [-0.3, -0.25) is 9.69 Å². The molecule has 1 atom stereocenters. The summed E-state index contributed by atoms with van der Waals surface area (Å²) >= 11 is 0. The maximum atomic E-state index is 13.4. The number of nitriles is 1. The number of hydrogen-bond acceptors (Lipinski definition) is 5. The summed E-state index contributed by atoms with van der Waals surface area (Å²) in [6, 6.07) is 11.5. The lowest BCUT2D eigenvalue weighted by molar-refractivity contribution is -0.137. The third-order valence-electron chi connectivity index (χ3n) is 5.88. The number of amides is 3. The lowest BCUT2D eigenvalue weighted by Crippen LogP contribution is -2.47. The molecule has 4 N–H and O–H groups in total. The second kappa shape index (κ2) is 9.77. The second-order valence-electron chi connectivity index (χ2n) is 8.13. The van der Waals surface area contributed by atoms with Crippen LogP contribution in [-0.2, 0) is 11.0 Å². The molecule has 2 aromatic carbocycles. The van der Waals surface area contributed by atoms with Gasteiger partial charge in [0.25, 0.3) is 5.91 Å². The van der Waals surface area contributed by atoms with Gasteiger partial charge in [0.2, 0.25) is 0 Å². The first-order valence-electron chi connectivity index (χ1n) is 11.0. The predicted octanol–water partition coefficient (Wildman–Crippen LogP) is 2.49. The molecule has 0 saturated carbocycles. The maximum absolute atomic E-state index is 13.4. The van der Waals surface area contributed by atoms with Crippen LogP contribution in [0.1, 0.15) is 22.7 Å². The predicted molar refractivity (Wildman–Crippen MR) is 122 cm³/mol. The van der Waals surface area contributed by atoms with Crippen LogP contribution < -0.4 is 21.3 Å². The van der Waals surface area contributed by atoms with E-state index >= 15 is 0 Å². The van der Waals surface area contributed by atoms with Gasteiger partial charge in [-0.2, -0.15) is 18.4 Å². The number of rotatable bonds is 7. The SMILES string of the molecule is N#Cc1ccc(C2NC(=O)N(c3cccc(C(F)(F)F)c3)C3=C2C(=O)N(CCNCCN)C3)cc1. The average molecular weight is 484 g/mol. The molecule has 3 amide bonds. The number of carbonyl (C=O) groups is 2. The van der Waals surface area contributed by atoms with Crippen LogP contribution in [0.15, 0.2) is 59.8 Å². The molecular weight excluding hydrogens is 461 g/mol. The highest BCUT2D eigenvalue weighted by Crippen LogP contribution is 2.40. The van der Waals surface area contributed by atoms with E-state index in [1.165, 1.54) is 12.1 Å². The molecule has 2 aromatic rings. The molecule has 0 bridgehead atoms. The van der Waals surface area contributed by atoms with Crippen LogP contribution in [0.4, 0.5) is 23.7 Å². The van der Waals surface area contributed by atoms with E-state index in [-0.39, 0.29) is 23.7 Å². The zero-order valence-corrected chi connectivity index (χ0v) is 18.6. The fraction of sp³-hybridized carbons (Fsp3) is 0.292. The van der Waals surface area contributed by atoms with Crippen LogP contribution >= 0.6 is 0 Å². The fourth-order valence-corrected chi connectivity index (χ4v) is 4.21. The van der Waals surface area contributed by atoms with Crippen molar-refractivity contribution in [1.29, 1.82) is 5.26 Å². The third-order valence-corrected chi connectivity index (χ3v) is 5.88. The number of urea groups is 1. The molecule has 8 nitrogen and oxygen atoms in total. The van der Waals surface area contributed by atoms with Gasteiger partial charge in [0.05, 0.1) is 46.7 Å². The number of nitrogens with two attached hydrogens (primary N) is 1. The molecule has 35 heavy (non-hydrogen) atoms. The standard InChI is InChI=1S/C24H23F3N6O2/c25-24(26,27)17-2-1-3-18(12-17)33-19-14-32(11-10-30-9-8-28)22(34)20(19)21(31-23(33)35)16-6-4-15(13-29)5-7-16/h1-7,12,21,30H,8-11,14,28H2,(H,31,35). The topological polar surface area (TPSA) is 114 Å². The molecule has 1 unspecified atom stereocenters. The summed E-state index contributed by atoms with van der Waals surface area (Å²) < 4.78 is 40.0. The Labute approximate surface area is 199 Å². The summed E-state index contributed by atoms with van der Waals surface area (Å²) in [5.74, 6) is -0.319. The molecule has 11 heteroatoms. The molecule has 2 aliphatic rings. The Kier molecular flexibility index (Phi) is 6.77. The molecule has 2 heterocycles. The van der Waals surface area contributed by atoms with Gasteiger partial charge in [-0.25, -0.2) is 4.79 Å². The number of alkyl halides is 3. The number of hydrogen-bond donors (Lipinski definition) is 3. The van der Waals surface area contributed by atoms with Gasteiger partial charge in [-0.05, 0) is 35.9 Å². The lowest BCUT2D eigenvalue weighted by atomic mass is 9.94. The molecule has 0 saturated heterocycles. The van der Waals surface area contributed by atoms with Gasteiger partial charge in [0.1, 0.15) is 0 Å². The first kappa shape index (κ1) is 24.3. The zero-order chi connectivity index (χ0) is 25.2. The Morgan fingerprint density at radius 1 is 1.14 bits per heavy atom. The van der Waals surface area contributed by atoms with Crippen molar-refractivity contribution in [3.05, 3.63) is 76.5 Å². The molecule has 4 rings (SSSR count). The molecular formula is C24H23F3N6O2. The number of carbonyl (C=O) groups excluding carboxylic acids is 2. The van der Waals surface area contributed by atoms with Gasteiger partial charge in [-0.1, -0.05) is 18.2 Å². The monoisotopic (exact) mass is 484 g/mol. The van der Waals surface area contributed by atoms with Gasteiger partial charge >= 0.3 is 12.2 Å². The Morgan fingerprint density at radius 3 is 2.54 bits per heavy atom. The highest BCUT2D eigenvalue weighted by Gasteiger charge is 2.44. The van der Waals surface area contributed by atoms with Gasteiger partial charge < -0.3 is 21.3 Å². The minimum absolute atomic E-state index is 0.0130. The van der Waals surface area contributed by atoms with Gasteiger partial charge in [0, 0.05) is 26.2 Å². The van der Waals surface area contributed by atoms with E-state index < -0.39 is 23.8 Å². The van der Waals surface area contributed by atoms with Crippen LogP contribution in [-0.4, -0.2) is 49.6 Å². The Bertz CT molecular complexity index is 1200. The lowest BCUT2D eigenvalue weighted by Gasteiger charge is -2.33. The van der Waals surface area contributed by atoms with Crippen molar-refractivity contribution in [3.8, 4) is 6.07 Å². The summed E-state index contributed by atoms with van der Waals surface area (Å²) in [5, 5.41) is 14.9. The van der Waals surface area contributed by atoms with Crippen molar-refractivity contribution in [1.82, 2.24) is 15.5 Å². The first-order chi connectivity index (χ1) is 16.7. The maximum Gasteiger partial charge on any atom is 0.416 e. The number of benzene rings is 2. The smallest absolute Gasteiger partial charge is 0.332 e. The Morgan fingerprint density at radius 2 is 1.89 bits per heavy atom. The zero-order valence-electron chi connectivity index (χ0n) is 18.6. The second-order valence-corrected chi connectivity index (χ2v) is 8.13. The van der Waals surface area contributed by atoms with Crippen molar-refractivity contribution < 1.29 is 22.8 Å². The summed E-state index contributed by atoms with van der Waals surface area (Å²) in [6.45, 7) is 1.87. The van der Waals surface area contributed by atoms with Crippen LogP contribution in [0.3, 0.4) is 0 Å². The molecule has 0 fully saturated rings. The highest BCUT2D eigenvalue weighted by atomic mass is 19.4. The van der Waals surface area contributed by atoms with Crippen molar-refractivity contribution in [3.63, 3.8) is 0 Å². The third kappa shape index (κ3) is 4.84. The van der Waals surface area contributed by atoms with Crippen LogP contribution in [0.5, 0.6) is 0 Å². The molecule has 0 aromatic heterocycles. The number of nitrogens with one attached hydrogen (secondary N) is 2. The van der Waals surface area contributed by atoms with Crippen molar-refractivity contribution >= 4 is 17.6 Å². The fourth-order valence-electron chi connectivity index (χ4n) is 4.21. The van der Waals surface area contributed by atoms with Gasteiger partial charge in [-0.15, -0.1) is 0 Å². The minimum Gasteiger partial charge on any atom is -0.332 e. The quantitative estimate of drug-likeness (QED) is 0.523. The first-order valence-corrected chi connectivity index (χ1v) is 11.0. The van der Waals surface area contributed by atoms with Crippen molar-refractivity contribution in [2.75, 3.05) is 37.6 Å². The van der Waals surface area contributed by atoms with E-state index in [2.05, 4.69) is 10.6 Å². The van der Waals surface area contributed by atoms with E-state index in [1.807, 2.05) is 6.07 Å².